The van der Waals surface area contributed by atoms with E-state index in [0.717, 1.165) is 14.1 Å². The first kappa shape index (κ1) is 8.75. The Morgan fingerprint density at radius 1 is 1.25 bits per heavy atom. The Morgan fingerprint density at radius 3 is 2.67 bits per heavy atom. The summed E-state index contributed by atoms with van der Waals surface area (Å²) in [5, 5.41) is 1.11. The van der Waals surface area contributed by atoms with Crippen LogP contribution in [0.1, 0.15) is 0 Å². The maximum absolute atomic E-state index is 5.83. The van der Waals surface area contributed by atoms with Gasteiger partial charge in [-0.25, -0.2) is 4.98 Å². The summed E-state index contributed by atoms with van der Waals surface area (Å²) in [6.07, 6.45) is 0. The largest absolute Gasteiger partial charge is 0.229 e. The number of thiazole rings is 1. The average Bonchev–Trinajstić information content (AvgIpc) is 2.30. The van der Waals surface area contributed by atoms with Gasteiger partial charge in [-0.15, -0.1) is 11.3 Å². The van der Waals surface area contributed by atoms with E-state index in [1.165, 1.54) is 11.3 Å². The first-order valence-corrected chi connectivity index (χ1v) is 5.44. The van der Waals surface area contributed by atoms with Crippen LogP contribution < -0.4 is 0 Å². The lowest BCUT2D eigenvalue weighted by Gasteiger charge is -1.92. The Morgan fingerprint density at radius 2 is 1.92 bits per heavy atom. The minimum atomic E-state index is 0.543. The molecule has 2 aromatic rings. The van der Waals surface area contributed by atoms with Gasteiger partial charge in [0, 0.05) is 0 Å². The van der Waals surface area contributed by atoms with Crippen molar-refractivity contribution in [3.8, 4) is 0 Å². The molecule has 0 saturated carbocycles. The number of halogens is 3. The third-order valence-corrected chi connectivity index (χ3v) is 3.60. The van der Waals surface area contributed by atoms with Gasteiger partial charge in [0.15, 0.2) is 3.92 Å². The van der Waals surface area contributed by atoms with E-state index in [2.05, 4.69) is 20.9 Å². The first-order chi connectivity index (χ1) is 5.66. The number of hydrogen-bond acceptors (Lipinski definition) is 2. The van der Waals surface area contributed by atoms with Gasteiger partial charge >= 0.3 is 0 Å². The van der Waals surface area contributed by atoms with Crippen LogP contribution in [0.5, 0.6) is 0 Å². The summed E-state index contributed by atoms with van der Waals surface area (Å²) in [6.45, 7) is 0. The van der Waals surface area contributed by atoms with Crippen molar-refractivity contribution in [2.24, 2.45) is 0 Å². The van der Waals surface area contributed by atoms with Crippen molar-refractivity contribution in [2.45, 2.75) is 0 Å². The number of aromatic nitrogens is 1. The molecule has 5 heteroatoms. The molecule has 1 heterocycles. The number of benzene rings is 1. The van der Waals surface area contributed by atoms with Crippen LogP contribution in [0.3, 0.4) is 0 Å². The number of hydrogen-bond donors (Lipinski definition) is 0. The number of fused-ring (bicyclic) bond motifs is 1. The second-order valence-electron chi connectivity index (χ2n) is 2.20. The van der Waals surface area contributed by atoms with Crippen LogP contribution in [0.4, 0.5) is 0 Å². The van der Waals surface area contributed by atoms with E-state index in [0.29, 0.717) is 10.0 Å². The fourth-order valence-electron chi connectivity index (χ4n) is 0.895. The molecule has 12 heavy (non-hydrogen) atoms. The van der Waals surface area contributed by atoms with Crippen molar-refractivity contribution < 1.29 is 0 Å². The molecule has 1 aromatic heterocycles. The van der Waals surface area contributed by atoms with Crippen LogP contribution in [0.25, 0.3) is 10.2 Å². The zero-order chi connectivity index (χ0) is 8.72. The Bertz CT molecular complexity index is 401. The summed E-state index contributed by atoms with van der Waals surface area (Å²) in [6, 6.07) is 3.59. The van der Waals surface area contributed by atoms with Crippen molar-refractivity contribution in [1.29, 1.82) is 0 Å². The molecule has 62 valence electrons. The highest BCUT2D eigenvalue weighted by molar-refractivity contribution is 9.11. The third kappa shape index (κ3) is 1.46. The zero-order valence-corrected chi connectivity index (χ0v) is 9.56. The van der Waals surface area contributed by atoms with E-state index in [-0.39, 0.29) is 0 Å². The van der Waals surface area contributed by atoms with Crippen LogP contribution in [0, 0.1) is 0 Å². The van der Waals surface area contributed by atoms with Gasteiger partial charge < -0.3 is 0 Å². The molecule has 0 aliphatic carbocycles. The molecule has 0 amide bonds. The van der Waals surface area contributed by atoms with Crippen LogP contribution in [-0.4, -0.2) is 4.98 Å². The highest BCUT2D eigenvalue weighted by Gasteiger charge is 2.04. The van der Waals surface area contributed by atoms with Crippen LogP contribution in [0.15, 0.2) is 16.0 Å². The lowest BCUT2D eigenvalue weighted by molar-refractivity contribution is 1.45. The topological polar surface area (TPSA) is 12.9 Å². The van der Waals surface area contributed by atoms with E-state index < -0.39 is 0 Å². The molecule has 0 unspecified atom stereocenters. The normalized spacial score (nSPS) is 10.9. The quantitative estimate of drug-likeness (QED) is 0.699. The van der Waals surface area contributed by atoms with Gasteiger partial charge in [0.2, 0.25) is 0 Å². The number of rotatable bonds is 0. The van der Waals surface area contributed by atoms with Gasteiger partial charge in [0.25, 0.3) is 0 Å². The lowest BCUT2D eigenvalue weighted by atomic mass is 10.3. The Labute approximate surface area is 91.4 Å². The van der Waals surface area contributed by atoms with Gasteiger partial charge in [-0.2, -0.15) is 0 Å². The molecule has 1 nitrogen and oxygen atoms in total. The molecular weight excluding hydrogens is 281 g/mol. The minimum Gasteiger partial charge on any atom is -0.229 e. The van der Waals surface area contributed by atoms with Gasteiger partial charge in [0.05, 0.1) is 20.3 Å². The van der Waals surface area contributed by atoms with Gasteiger partial charge in [-0.1, -0.05) is 23.2 Å². The molecular formula is C7H2BrCl2NS. The molecule has 0 spiro atoms. The molecule has 0 fully saturated rings. The SMILES string of the molecule is Clc1cc2nc(Br)sc2cc1Cl. The molecule has 0 aliphatic heterocycles. The van der Waals surface area contributed by atoms with Gasteiger partial charge in [0.1, 0.15) is 0 Å². The van der Waals surface area contributed by atoms with E-state index in [4.69, 9.17) is 23.2 Å². The van der Waals surface area contributed by atoms with Crippen LogP contribution in [-0.2, 0) is 0 Å². The second-order valence-corrected chi connectivity index (χ2v) is 5.32. The molecule has 1 aromatic carbocycles. The van der Waals surface area contributed by atoms with Gasteiger partial charge in [-0.3, -0.25) is 0 Å². The monoisotopic (exact) mass is 281 g/mol. The van der Waals surface area contributed by atoms with Crippen molar-refractivity contribution in [1.82, 2.24) is 4.98 Å². The first-order valence-electron chi connectivity index (χ1n) is 3.08. The third-order valence-electron chi connectivity index (χ3n) is 1.40. The summed E-state index contributed by atoms with van der Waals surface area (Å²) >= 11 is 16.5. The standard InChI is InChI=1S/C7H2BrCl2NS/c8-7-11-5-1-3(9)4(10)2-6(5)12-7/h1-2H. The fraction of sp³-hybridized carbons (Fsp3) is 0. The minimum absolute atomic E-state index is 0.543. The van der Waals surface area contributed by atoms with E-state index in [1.54, 1.807) is 6.07 Å². The van der Waals surface area contributed by atoms with E-state index in [1.807, 2.05) is 6.07 Å². The molecule has 0 saturated heterocycles. The predicted molar refractivity (Wildman–Crippen MR) is 57.3 cm³/mol. The van der Waals surface area contributed by atoms with Crippen molar-refractivity contribution in [2.75, 3.05) is 0 Å². The van der Waals surface area contributed by atoms with Crippen molar-refractivity contribution >= 4 is 60.7 Å². The summed E-state index contributed by atoms with van der Waals surface area (Å²) in [4.78, 5) is 4.21. The highest BCUT2D eigenvalue weighted by atomic mass is 79.9. The second kappa shape index (κ2) is 3.14. The summed E-state index contributed by atoms with van der Waals surface area (Å²) in [5.41, 5.74) is 0.876. The Hall–Kier alpha value is 0.170. The average molecular weight is 283 g/mol. The molecule has 0 radical (unpaired) electrons. The molecule has 0 aliphatic rings. The van der Waals surface area contributed by atoms with Crippen molar-refractivity contribution in [3.05, 3.63) is 26.1 Å². The van der Waals surface area contributed by atoms with Crippen molar-refractivity contribution in [3.63, 3.8) is 0 Å². The van der Waals surface area contributed by atoms with E-state index >= 15 is 0 Å². The fourth-order valence-corrected chi connectivity index (χ4v) is 2.71. The zero-order valence-electron chi connectivity index (χ0n) is 5.64. The maximum Gasteiger partial charge on any atom is 0.160 e. The van der Waals surface area contributed by atoms with Gasteiger partial charge in [-0.05, 0) is 28.1 Å². The number of nitrogens with zero attached hydrogens (tertiary/aromatic N) is 1. The predicted octanol–water partition coefficient (Wildman–Crippen LogP) is 4.37. The smallest absolute Gasteiger partial charge is 0.160 e. The Kier molecular flexibility index (Phi) is 2.29. The molecule has 0 atom stereocenters. The summed E-state index contributed by atoms with van der Waals surface area (Å²) < 4.78 is 1.88. The van der Waals surface area contributed by atoms with Crippen LogP contribution >= 0.6 is 50.5 Å². The highest BCUT2D eigenvalue weighted by Crippen LogP contribution is 2.32. The summed E-state index contributed by atoms with van der Waals surface area (Å²) in [5.74, 6) is 0. The molecule has 0 N–H and O–H groups in total. The van der Waals surface area contributed by atoms with E-state index in [9.17, 15) is 0 Å². The Balaban J connectivity index is 2.83. The molecule has 2 rings (SSSR count). The lowest BCUT2D eigenvalue weighted by Crippen LogP contribution is -1.69. The van der Waals surface area contributed by atoms with Crippen LogP contribution in [0.2, 0.25) is 10.0 Å². The molecule has 0 bridgehead atoms. The summed E-state index contributed by atoms with van der Waals surface area (Å²) in [7, 11) is 0. The maximum atomic E-state index is 5.83.